The zero-order valence-corrected chi connectivity index (χ0v) is 37.8. The molecule has 0 N–H and O–H groups in total. The molecule has 56 heavy (non-hydrogen) atoms. The number of carbonyl (C=O) groups is 3. The van der Waals surface area contributed by atoms with Gasteiger partial charge in [0.1, 0.15) is 13.2 Å². The average Bonchev–Trinajstić information content (AvgIpc) is 3.17. The Kier molecular flexibility index (Phi) is 39.5. The molecule has 328 valence electrons. The summed E-state index contributed by atoms with van der Waals surface area (Å²) in [6.45, 7) is 13.8. The van der Waals surface area contributed by atoms with Gasteiger partial charge in [-0.2, -0.15) is 0 Å². The summed E-state index contributed by atoms with van der Waals surface area (Å²) in [4.78, 5) is 40.3. The molecule has 0 fully saturated rings. The van der Waals surface area contributed by atoms with Crippen LogP contribution in [0, 0.1) is 0 Å². The second-order valence-corrected chi connectivity index (χ2v) is 16.7. The largest absolute Gasteiger partial charge is 0.462 e. The van der Waals surface area contributed by atoms with Crippen LogP contribution < -0.4 is 0 Å². The molecule has 0 unspecified atom stereocenters. The van der Waals surface area contributed by atoms with E-state index in [0.717, 1.165) is 57.9 Å². The second kappa shape index (κ2) is 41.0. The number of hydrogen-bond acceptors (Lipinski definition) is 7. The van der Waals surface area contributed by atoms with Gasteiger partial charge < -0.3 is 14.2 Å². The molecule has 0 radical (unpaired) electrons. The number of ether oxygens (including phenoxy) is 3. The van der Waals surface area contributed by atoms with E-state index in [2.05, 4.69) is 70.7 Å². The van der Waals surface area contributed by atoms with Gasteiger partial charge in [-0.1, -0.05) is 141 Å². The predicted molar refractivity (Wildman–Crippen MR) is 237 cm³/mol. The van der Waals surface area contributed by atoms with Crippen LogP contribution in [0.5, 0.6) is 0 Å². The number of unbranched alkanes of at least 4 members (excludes halogenated alkanes) is 22. The third kappa shape index (κ3) is 37.4. The van der Waals surface area contributed by atoms with E-state index in [1.54, 1.807) is 0 Å². The molecule has 0 aromatic carbocycles. The maximum atomic E-state index is 12.8. The summed E-state index contributed by atoms with van der Waals surface area (Å²) in [5.41, 5.74) is 0. The normalized spacial score (nSPS) is 12.0. The lowest BCUT2D eigenvalue weighted by Gasteiger charge is -2.30. The molecule has 0 heterocycles. The fourth-order valence-electron chi connectivity index (χ4n) is 7.08. The minimum Gasteiger partial charge on any atom is -0.462 e. The van der Waals surface area contributed by atoms with E-state index < -0.39 is 6.10 Å². The zero-order chi connectivity index (χ0) is 41.3. The third-order valence-electron chi connectivity index (χ3n) is 10.6. The first kappa shape index (κ1) is 53.9. The van der Waals surface area contributed by atoms with Gasteiger partial charge in [0.2, 0.25) is 0 Å². The lowest BCUT2D eigenvalue weighted by molar-refractivity contribution is -0.167. The SMILES string of the molecule is CCCCCCCC/C=C\CCCCCCCC(=O)OCC(COC(=O)CCCCCCC/C=C\CCCCCCCC)OC(=O)CCCN(C(C)C)C(C)C. The van der Waals surface area contributed by atoms with Crippen molar-refractivity contribution in [2.45, 2.75) is 252 Å². The summed E-state index contributed by atoms with van der Waals surface area (Å²) in [7, 11) is 0. The van der Waals surface area contributed by atoms with E-state index >= 15 is 0 Å². The van der Waals surface area contributed by atoms with Crippen molar-refractivity contribution < 1.29 is 28.6 Å². The van der Waals surface area contributed by atoms with Gasteiger partial charge >= 0.3 is 17.9 Å². The number of esters is 3. The summed E-state index contributed by atoms with van der Waals surface area (Å²) in [5.74, 6) is -0.954. The van der Waals surface area contributed by atoms with Crippen LogP contribution in [-0.2, 0) is 28.6 Å². The van der Waals surface area contributed by atoms with E-state index in [0.29, 0.717) is 31.3 Å². The Morgan fingerprint density at radius 2 is 0.750 bits per heavy atom. The first-order chi connectivity index (χ1) is 27.2. The van der Waals surface area contributed by atoms with Gasteiger partial charge in [0, 0.05) is 31.3 Å². The number of carbonyl (C=O) groups excluding carboxylic acids is 3. The maximum Gasteiger partial charge on any atom is 0.306 e. The van der Waals surface area contributed by atoms with Crippen molar-refractivity contribution in [2.24, 2.45) is 0 Å². The Morgan fingerprint density at radius 3 is 1.11 bits per heavy atom. The number of hydrogen-bond donors (Lipinski definition) is 0. The molecular weight excluding hydrogens is 699 g/mol. The molecule has 0 atom stereocenters. The maximum absolute atomic E-state index is 12.8. The van der Waals surface area contributed by atoms with Gasteiger partial charge in [0.25, 0.3) is 0 Å². The Balaban J connectivity index is 4.40. The second-order valence-electron chi connectivity index (χ2n) is 16.7. The van der Waals surface area contributed by atoms with Crippen LogP contribution >= 0.6 is 0 Å². The Morgan fingerprint density at radius 1 is 0.429 bits per heavy atom. The highest BCUT2D eigenvalue weighted by Gasteiger charge is 2.20. The van der Waals surface area contributed by atoms with Crippen molar-refractivity contribution in [1.82, 2.24) is 4.90 Å². The molecule has 0 rings (SSSR count). The lowest BCUT2D eigenvalue weighted by atomic mass is 10.1. The van der Waals surface area contributed by atoms with Gasteiger partial charge in [-0.25, -0.2) is 0 Å². The van der Waals surface area contributed by atoms with Crippen LogP contribution in [0.4, 0.5) is 0 Å². The van der Waals surface area contributed by atoms with Crippen molar-refractivity contribution >= 4 is 17.9 Å². The van der Waals surface area contributed by atoms with Crippen molar-refractivity contribution in [3.05, 3.63) is 24.3 Å². The fourth-order valence-corrected chi connectivity index (χ4v) is 7.08. The topological polar surface area (TPSA) is 82.1 Å². The highest BCUT2D eigenvalue weighted by Crippen LogP contribution is 2.14. The van der Waals surface area contributed by atoms with Crippen LogP contribution in [0.15, 0.2) is 24.3 Å². The minimum atomic E-state index is -0.801. The molecule has 0 aliphatic rings. The van der Waals surface area contributed by atoms with Crippen molar-refractivity contribution in [3.63, 3.8) is 0 Å². The van der Waals surface area contributed by atoms with Crippen LogP contribution in [0.3, 0.4) is 0 Å². The van der Waals surface area contributed by atoms with Crippen LogP contribution in [0.2, 0.25) is 0 Å². The summed E-state index contributed by atoms with van der Waals surface area (Å²) in [5, 5.41) is 0. The standard InChI is InChI=1S/C49H91NO6/c1-7-9-11-13-15-17-19-21-23-25-27-29-31-33-35-38-47(51)54-42-46(56-49(53)40-37-41-50(44(3)4)45(5)6)43-55-48(52)39-36-34-32-30-28-26-24-22-20-18-16-14-12-10-8-2/h21-24,44-46H,7-20,25-43H2,1-6H3/b23-21-,24-22-. The van der Waals surface area contributed by atoms with E-state index in [4.69, 9.17) is 14.2 Å². The van der Waals surface area contributed by atoms with Crippen LogP contribution in [0.25, 0.3) is 0 Å². The molecule has 0 bridgehead atoms. The molecule has 0 amide bonds. The molecule has 0 aromatic heterocycles. The van der Waals surface area contributed by atoms with E-state index in [1.165, 1.54) is 116 Å². The number of rotatable bonds is 41. The Bertz CT molecular complexity index is 896. The van der Waals surface area contributed by atoms with Crippen molar-refractivity contribution in [3.8, 4) is 0 Å². The zero-order valence-electron chi connectivity index (χ0n) is 37.8. The first-order valence-electron chi connectivity index (χ1n) is 23.8. The summed E-state index contributed by atoms with van der Waals surface area (Å²) >= 11 is 0. The van der Waals surface area contributed by atoms with Gasteiger partial charge in [0.15, 0.2) is 6.10 Å². The molecular formula is C49H91NO6. The van der Waals surface area contributed by atoms with Gasteiger partial charge in [-0.3, -0.25) is 19.3 Å². The molecule has 0 aliphatic carbocycles. The monoisotopic (exact) mass is 790 g/mol. The smallest absolute Gasteiger partial charge is 0.306 e. The molecule has 0 saturated carbocycles. The molecule has 7 heteroatoms. The molecule has 0 spiro atoms. The molecule has 0 aromatic rings. The van der Waals surface area contributed by atoms with Gasteiger partial charge in [-0.05, 0) is 105 Å². The minimum absolute atomic E-state index is 0.0968. The Labute approximate surface area is 346 Å². The van der Waals surface area contributed by atoms with Crippen LogP contribution in [-0.4, -0.2) is 60.8 Å². The van der Waals surface area contributed by atoms with Gasteiger partial charge in [-0.15, -0.1) is 0 Å². The van der Waals surface area contributed by atoms with Crippen molar-refractivity contribution in [2.75, 3.05) is 19.8 Å². The fraction of sp³-hybridized carbons (Fsp3) is 0.857. The first-order valence-corrected chi connectivity index (χ1v) is 23.8. The Hall–Kier alpha value is -2.15. The quantitative estimate of drug-likeness (QED) is 0.0264. The third-order valence-corrected chi connectivity index (χ3v) is 10.6. The van der Waals surface area contributed by atoms with Crippen LogP contribution in [0.1, 0.15) is 234 Å². The summed E-state index contributed by atoms with van der Waals surface area (Å²) in [6, 6.07) is 0.780. The van der Waals surface area contributed by atoms with E-state index in [9.17, 15) is 14.4 Å². The average molecular weight is 790 g/mol. The number of nitrogens with zero attached hydrogens (tertiary/aromatic N) is 1. The summed E-state index contributed by atoms with van der Waals surface area (Å²) in [6.07, 6.45) is 41.4. The van der Waals surface area contributed by atoms with E-state index in [-0.39, 0.29) is 37.5 Å². The highest BCUT2D eigenvalue weighted by molar-refractivity contribution is 5.71. The van der Waals surface area contributed by atoms with Gasteiger partial charge in [0.05, 0.1) is 0 Å². The van der Waals surface area contributed by atoms with Crippen molar-refractivity contribution in [1.29, 1.82) is 0 Å². The molecule has 0 saturated heterocycles. The molecule has 7 nitrogen and oxygen atoms in total. The highest BCUT2D eigenvalue weighted by atomic mass is 16.6. The molecule has 0 aliphatic heterocycles. The lowest BCUT2D eigenvalue weighted by Crippen LogP contribution is -2.38. The predicted octanol–water partition coefficient (Wildman–Crippen LogP) is 14.0. The number of allylic oxidation sites excluding steroid dienone is 4. The van der Waals surface area contributed by atoms with E-state index in [1.807, 2.05) is 0 Å². The summed E-state index contributed by atoms with van der Waals surface area (Å²) < 4.78 is 16.7.